The van der Waals surface area contributed by atoms with Gasteiger partial charge >= 0.3 is 157 Å². The van der Waals surface area contributed by atoms with Gasteiger partial charge in [-0.1, -0.05) is 0 Å². The molecule has 0 unspecified atom stereocenters. The number of nitriles is 4. The molecule has 0 atom stereocenters. The van der Waals surface area contributed by atoms with Gasteiger partial charge in [0.05, 0.1) is 0 Å². The molecule has 0 radical (unpaired) electrons. The Labute approximate surface area is 152 Å². The Hall–Kier alpha value is 1.75. The minimum atomic E-state index is -2.88. The largest absolute Gasteiger partial charge is 1.00 e. The van der Waals surface area contributed by atoms with E-state index < -0.39 is 12.8 Å². The zero-order valence-electron chi connectivity index (χ0n) is 6.09. The summed E-state index contributed by atoms with van der Waals surface area (Å²) in [4.78, 5) is 5.44. The molecule has 0 rings (SSSR count). The molecule has 0 aliphatic rings. The molecule has 0 heterocycles. The van der Waals surface area contributed by atoms with Crippen LogP contribution in [0, 0.1) is 40.9 Å². The van der Waals surface area contributed by atoms with Crippen molar-refractivity contribution < 1.29 is 116 Å². The molecule has 4 nitrogen and oxygen atoms in total. The summed E-state index contributed by atoms with van der Waals surface area (Å²) < 4.78 is 0. The summed E-state index contributed by atoms with van der Waals surface area (Å²) in [5.74, 6) is 0. The molecule has 7 heteroatoms. The molecule has 0 aromatic rings. The van der Waals surface area contributed by atoms with Crippen molar-refractivity contribution >= 4 is 0 Å². The summed E-state index contributed by atoms with van der Waals surface area (Å²) in [7, 11) is 0. The molecule has 0 bridgehead atoms. The van der Waals surface area contributed by atoms with Crippen LogP contribution in [0.5, 0.6) is 0 Å². The van der Waals surface area contributed by atoms with Crippen LogP contribution < -0.4 is 103 Å². The van der Waals surface area contributed by atoms with E-state index in [0.717, 1.165) is 0 Å². The van der Waals surface area contributed by atoms with E-state index in [9.17, 15) is 0 Å². The fraction of sp³-hybridized carbons (Fsp3) is 0. The molecule has 0 aromatic heterocycles. The average molecular weight is 246 g/mol. The van der Waals surface area contributed by atoms with Gasteiger partial charge in [0, 0.05) is 0 Å². The Morgan fingerprint density at radius 2 is 0.818 bits per heavy atom. The second kappa shape index (κ2) is 9.84. The minimum absolute atomic E-state index is 0. The van der Waals surface area contributed by atoms with E-state index in [4.69, 9.17) is 21.0 Å². The predicted octanol–water partition coefficient (Wildman–Crippen LogP) is -5.93. The van der Waals surface area contributed by atoms with Crippen molar-refractivity contribution in [2.24, 2.45) is 0 Å². The zero-order chi connectivity index (χ0) is 7.33. The Balaban J connectivity index is -0.000000320. The summed E-state index contributed by atoms with van der Waals surface area (Å²) >= 11 is -2.88. The molecule has 11 heavy (non-hydrogen) atoms. The fourth-order valence-electron chi connectivity index (χ4n) is 0.0905. The molecule has 0 saturated heterocycles. The van der Waals surface area contributed by atoms with E-state index in [1.165, 1.54) is 19.9 Å². The maximum absolute atomic E-state index is 8.09. The first-order valence-electron chi connectivity index (χ1n) is 1.50. The van der Waals surface area contributed by atoms with Crippen molar-refractivity contribution in [3.8, 4) is 19.9 Å². The predicted molar refractivity (Wildman–Crippen MR) is 22.5 cm³/mol. The maximum Gasteiger partial charge on any atom is 1.00 e. The SMILES string of the molecule is N#[C][Cu-2]([C]#N)([C]#N)[C]#N.[K+].[K+]. The van der Waals surface area contributed by atoms with Crippen molar-refractivity contribution in [1.29, 1.82) is 21.0 Å². The van der Waals surface area contributed by atoms with Gasteiger partial charge in [0.1, 0.15) is 0 Å². The third-order valence-corrected chi connectivity index (χ3v) is 1.67. The molecular weight excluding hydrogens is 246 g/mol. The third kappa shape index (κ3) is 5.91. The summed E-state index contributed by atoms with van der Waals surface area (Å²) in [5.41, 5.74) is 0. The Kier molecular flexibility index (Phi) is 16.6. The first kappa shape index (κ1) is 18.5. The van der Waals surface area contributed by atoms with Gasteiger partial charge in [-0.05, 0) is 0 Å². The zero-order valence-corrected chi connectivity index (χ0v) is 13.3. The van der Waals surface area contributed by atoms with E-state index in [-0.39, 0.29) is 103 Å². The van der Waals surface area contributed by atoms with E-state index >= 15 is 0 Å². The molecule has 0 N–H and O–H groups in total. The normalized spacial score (nSPS) is 7.64. The van der Waals surface area contributed by atoms with Crippen LogP contribution in [0.1, 0.15) is 0 Å². The minimum Gasteiger partial charge on any atom is 1.00 e. The van der Waals surface area contributed by atoms with Gasteiger partial charge in [-0.2, -0.15) is 0 Å². The molecule has 0 fully saturated rings. The van der Waals surface area contributed by atoms with E-state index in [2.05, 4.69) is 0 Å². The van der Waals surface area contributed by atoms with Crippen molar-refractivity contribution in [3.05, 3.63) is 0 Å². The van der Waals surface area contributed by atoms with E-state index in [0.29, 0.717) is 0 Å². The summed E-state index contributed by atoms with van der Waals surface area (Å²) in [5, 5.41) is 32.4. The van der Waals surface area contributed by atoms with Crippen LogP contribution in [0.4, 0.5) is 0 Å². The number of rotatable bonds is 0. The van der Waals surface area contributed by atoms with Gasteiger partial charge in [-0.3, -0.25) is 0 Å². The van der Waals surface area contributed by atoms with Crippen molar-refractivity contribution in [3.63, 3.8) is 0 Å². The van der Waals surface area contributed by atoms with Crippen molar-refractivity contribution in [2.45, 2.75) is 0 Å². The van der Waals surface area contributed by atoms with Gasteiger partial charge < -0.3 is 0 Å². The molecular formula is C4CuK2N4. The van der Waals surface area contributed by atoms with Crippen molar-refractivity contribution in [1.82, 2.24) is 0 Å². The first-order chi connectivity index (χ1) is 4.24. The molecule has 0 aliphatic carbocycles. The van der Waals surface area contributed by atoms with Gasteiger partial charge in [-0.15, -0.1) is 0 Å². The third-order valence-electron chi connectivity index (χ3n) is 0.405. The molecule has 49 valence electrons. The van der Waals surface area contributed by atoms with Gasteiger partial charge in [0.15, 0.2) is 0 Å². The van der Waals surface area contributed by atoms with Crippen LogP contribution in [-0.4, -0.2) is 0 Å². The summed E-state index contributed by atoms with van der Waals surface area (Å²) in [6, 6.07) is 0. The van der Waals surface area contributed by atoms with Gasteiger partial charge in [0.25, 0.3) is 0 Å². The number of nitrogens with zero attached hydrogens (tertiary/aromatic N) is 4. The number of hydrogen-bond donors (Lipinski definition) is 0. The topological polar surface area (TPSA) is 95.2 Å². The standard InChI is InChI=1S/4CN.Cu.2K/c4*1-2;;;/q;;;;-2;2*+1. The van der Waals surface area contributed by atoms with Gasteiger partial charge in [0.2, 0.25) is 0 Å². The number of hydrogen-bond acceptors (Lipinski definition) is 4. The first-order valence-corrected chi connectivity index (χ1v) is 3.38. The van der Waals surface area contributed by atoms with Crippen LogP contribution in [0.3, 0.4) is 0 Å². The van der Waals surface area contributed by atoms with Gasteiger partial charge in [-0.25, -0.2) is 0 Å². The Morgan fingerprint density at radius 3 is 0.818 bits per heavy atom. The molecule has 0 aromatic carbocycles. The van der Waals surface area contributed by atoms with Crippen molar-refractivity contribution in [2.75, 3.05) is 0 Å². The molecule has 0 saturated carbocycles. The second-order valence-corrected chi connectivity index (χ2v) is 2.98. The summed E-state index contributed by atoms with van der Waals surface area (Å²) in [6.45, 7) is 0. The fourth-order valence-corrected chi connectivity index (χ4v) is 0.373. The quantitative estimate of drug-likeness (QED) is 0.397. The van der Waals surface area contributed by atoms with Crippen LogP contribution in [0.25, 0.3) is 0 Å². The van der Waals surface area contributed by atoms with E-state index in [1.807, 2.05) is 0 Å². The maximum atomic E-state index is 8.09. The molecule has 0 amide bonds. The molecule has 0 aliphatic heterocycles. The Bertz CT molecular complexity index is 213. The van der Waals surface area contributed by atoms with Crippen LogP contribution in [-0.2, 0) is 12.8 Å². The summed E-state index contributed by atoms with van der Waals surface area (Å²) in [6.07, 6.45) is 0. The Morgan fingerprint density at radius 1 is 0.636 bits per heavy atom. The second-order valence-electron chi connectivity index (χ2n) is 0.722. The van der Waals surface area contributed by atoms with Crippen LogP contribution in [0.2, 0.25) is 0 Å². The molecule has 0 spiro atoms. The van der Waals surface area contributed by atoms with E-state index in [1.54, 1.807) is 0 Å². The monoisotopic (exact) mass is 245 g/mol. The van der Waals surface area contributed by atoms with Crippen LogP contribution in [0.15, 0.2) is 0 Å². The smallest absolute Gasteiger partial charge is 1.00 e. The van der Waals surface area contributed by atoms with Crippen LogP contribution >= 0.6 is 0 Å². The average Bonchev–Trinajstić information content (AvgIpc) is 1.95.